The van der Waals surface area contributed by atoms with E-state index in [4.69, 9.17) is 0 Å². The molecule has 2 unspecified atom stereocenters. The molecule has 4 heterocycles. The number of rotatable bonds is 8. The minimum absolute atomic E-state index is 0.0972. The van der Waals surface area contributed by atoms with Gasteiger partial charge in [0.2, 0.25) is 5.91 Å². The first kappa shape index (κ1) is 28.4. The molecule has 1 aliphatic heterocycles. The van der Waals surface area contributed by atoms with Gasteiger partial charge < -0.3 is 10.6 Å². The highest BCUT2D eigenvalue weighted by molar-refractivity contribution is 5.77. The lowest BCUT2D eigenvalue weighted by atomic mass is 9.94. The van der Waals surface area contributed by atoms with Crippen molar-refractivity contribution < 1.29 is 31.1 Å². The van der Waals surface area contributed by atoms with Gasteiger partial charge in [-0.05, 0) is 67.0 Å². The van der Waals surface area contributed by atoms with E-state index >= 15 is 8.78 Å². The third-order valence-electron chi connectivity index (χ3n) is 8.52. The number of benzene rings is 1. The molecule has 0 bridgehead atoms. The maximum Gasteiger partial charge on any atom is 0.293 e. The summed E-state index contributed by atoms with van der Waals surface area (Å²) in [5, 5.41) is 9.73. The number of halogens is 6. The van der Waals surface area contributed by atoms with E-state index in [9.17, 15) is 22.4 Å². The minimum Gasteiger partial charge on any atom is -0.370 e. The van der Waals surface area contributed by atoms with Crippen molar-refractivity contribution in [1.29, 1.82) is 0 Å². The van der Waals surface area contributed by atoms with E-state index in [1.165, 1.54) is 6.20 Å². The van der Waals surface area contributed by atoms with Gasteiger partial charge in [-0.2, -0.15) is 13.9 Å². The maximum absolute atomic E-state index is 15.1. The number of aromatic nitrogens is 4. The summed E-state index contributed by atoms with van der Waals surface area (Å²) in [7, 11) is 0. The highest BCUT2D eigenvalue weighted by atomic mass is 19.3. The third kappa shape index (κ3) is 4.97. The zero-order valence-corrected chi connectivity index (χ0v) is 23.1. The number of aryl methyl sites for hydroxylation is 1. The number of amides is 1. The summed E-state index contributed by atoms with van der Waals surface area (Å²) in [6.45, 7) is 0.0492. The molecule has 228 valence electrons. The molecule has 1 aromatic carbocycles. The predicted molar refractivity (Wildman–Crippen MR) is 147 cm³/mol. The van der Waals surface area contributed by atoms with Crippen LogP contribution in [0.2, 0.25) is 0 Å². The predicted octanol–water partition coefficient (Wildman–Crippen LogP) is 6.22. The van der Waals surface area contributed by atoms with Gasteiger partial charge in [0.15, 0.2) is 0 Å². The Morgan fingerprint density at radius 2 is 1.91 bits per heavy atom. The first-order valence-corrected chi connectivity index (χ1v) is 14.3. The number of nitrogens with zero attached hydrogens (tertiary/aromatic N) is 4. The van der Waals surface area contributed by atoms with Gasteiger partial charge in [-0.3, -0.25) is 14.5 Å². The average Bonchev–Trinajstić information content (AvgIpc) is 3.64. The smallest absolute Gasteiger partial charge is 0.293 e. The standard InChI is InChI=1S/C31H26F6N6O/c32-18-7-15(8-19(33)11-18)9-23(26-20(4-2-5-38-26)17-10-16-3-1-6-39-30(16)40-13-17)41-24(44)14-43-28-25(27(42-43)29(34)35)21-12-22(21)31(28,36)37/h2,4-5,7-8,10-11,13,21-23,29H,1,3,6,9,12,14H2,(H,39,40)(H,41,44)/t21?,22?,23-/m0/s1. The number of pyridine rings is 2. The van der Waals surface area contributed by atoms with Crippen LogP contribution >= 0.6 is 0 Å². The number of alkyl halides is 4. The molecular formula is C31H26F6N6O. The summed E-state index contributed by atoms with van der Waals surface area (Å²) in [5.74, 6) is -6.83. The molecule has 7 nitrogen and oxygen atoms in total. The first-order chi connectivity index (χ1) is 21.1. The normalized spacial score (nSPS) is 20.0. The van der Waals surface area contributed by atoms with Crippen LogP contribution in [0.4, 0.5) is 32.2 Å². The van der Waals surface area contributed by atoms with Crippen molar-refractivity contribution in [1.82, 2.24) is 25.1 Å². The van der Waals surface area contributed by atoms with Crippen molar-refractivity contribution in [2.24, 2.45) is 5.92 Å². The number of carbonyl (C=O) groups is 1. The van der Waals surface area contributed by atoms with Gasteiger partial charge in [0, 0.05) is 47.6 Å². The Balaban J connectivity index is 1.24. The number of carbonyl (C=O) groups excluding carboxylic acids is 1. The summed E-state index contributed by atoms with van der Waals surface area (Å²) in [6, 6.07) is 7.42. The lowest BCUT2D eigenvalue weighted by Gasteiger charge is -2.23. The molecule has 13 heteroatoms. The van der Waals surface area contributed by atoms with Gasteiger partial charge in [-0.25, -0.2) is 22.5 Å². The molecule has 1 fully saturated rings. The summed E-state index contributed by atoms with van der Waals surface area (Å²) in [5.41, 5.74) is 1.30. The second-order valence-electron chi connectivity index (χ2n) is 11.5. The first-order valence-electron chi connectivity index (χ1n) is 14.3. The molecule has 3 atom stereocenters. The van der Waals surface area contributed by atoms with Crippen molar-refractivity contribution in [3.8, 4) is 11.1 Å². The van der Waals surface area contributed by atoms with Gasteiger partial charge in [0.1, 0.15) is 35.4 Å². The fourth-order valence-corrected chi connectivity index (χ4v) is 6.57. The van der Waals surface area contributed by atoms with Gasteiger partial charge in [0.05, 0.1) is 11.7 Å². The monoisotopic (exact) mass is 612 g/mol. The van der Waals surface area contributed by atoms with Crippen molar-refractivity contribution in [3.05, 3.63) is 94.2 Å². The van der Waals surface area contributed by atoms with E-state index in [1.807, 2.05) is 6.07 Å². The summed E-state index contributed by atoms with van der Waals surface area (Å²) < 4.78 is 86.6. The quantitative estimate of drug-likeness (QED) is 0.231. The van der Waals surface area contributed by atoms with Crippen LogP contribution in [0.1, 0.15) is 65.0 Å². The van der Waals surface area contributed by atoms with Crippen LogP contribution in [0.25, 0.3) is 11.1 Å². The second kappa shape index (κ2) is 10.6. The highest BCUT2D eigenvalue weighted by Crippen LogP contribution is 2.68. The minimum atomic E-state index is -3.39. The molecule has 44 heavy (non-hydrogen) atoms. The van der Waals surface area contributed by atoms with E-state index in [-0.39, 0.29) is 24.0 Å². The molecule has 0 spiro atoms. The molecule has 2 aliphatic carbocycles. The SMILES string of the molecule is O=C(Cn1nc(C(F)F)c2c1C(F)(F)C1CC21)N[C@@H](Cc1cc(F)cc(F)c1)c1ncccc1-c1cnc2c(c1)CCCN2. The molecule has 2 N–H and O–H groups in total. The Labute approximate surface area is 247 Å². The van der Waals surface area contributed by atoms with Gasteiger partial charge >= 0.3 is 0 Å². The molecule has 1 amide bonds. The molecule has 0 saturated heterocycles. The molecule has 1 saturated carbocycles. The van der Waals surface area contributed by atoms with E-state index in [0.29, 0.717) is 21.5 Å². The van der Waals surface area contributed by atoms with Crippen LogP contribution in [-0.2, 0) is 30.1 Å². The third-order valence-corrected chi connectivity index (χ3v) is 8.52. The number of nitrogens with one attached hydrogen (secondary N) is 2. The van der Waals surface area contributed by atoms with E-state index in [1.54, 1.807) is 18.3 Å². The molecule has 4 aromatic rings. The van der Waals surface area contributed by atoms with Gasteiger partial charge in [0.25, 0.3) is 12.3 Å². The van der Waals surface area contributed by atoms with Crippen LogP contribution < -0.4 is 10.6 Å². The Hall–Kier alpha value is -4.42. The van der Waals surface area contributed by atoms with Crippen molar-refractivity contribution >= 4 is 11.7 Å². The van der Waals surface area contributed by atoms with Gasteiger partial charge in [-0.1, -0.05) is 6.07 Å². The largest absolute Gasteiger partial charge is 0.370 e. The maximum atomic E-state index is 15.1. The highest BCUT2D eigenvalue weighted by Gasteiger charge is 2.67. The molecular weight excluding hydrogens is 586 g/mol. The fraction of sp³-hybridized carbons (Fsp3) is 0.355. The zero-order chi connectivity index (χ0) is 30.7. The van der Waals surface area contributed by atoms with Crippen molar-refractivity contribution in [2.75, 3.05) is 11.9 Å². The topological polar surface area (TPSA) is 84.7 Å². The molecule has 7 rings (SSSR count). The van der Waals surface area contributed by atoms with Crippen LogP contribution in [-0.4, -0.2) is 32.2 Å². The van der Waals surface area contributed by atoms with Crippen LogP contribution in [0.3, 0.4) is 0 Å². The summed E-state index contributed by atoms with van der Waals surface area (Å²) in [6.07, 6.45) is 1.81. The fourth-order valence-electron chi connectivity index (χ4n) is 6.57. The van der Waals surface area contributed by atoms with E-state index in [2.05, 4.69) is 25.7 Å². The summed E-state index contributed by atoms with van der Waals surface area (Å²) in [4.78, 5) is 22.5. The lowest BCUT2D eigenvalue weighted by molar-refractivity contribution is -0.123. The number of hydrogen-bond acceptors (Lipinski definition) is 5. The van der Waals surface area contributed by atoms with Crippen LogP contribution in [0, 0.1) is 17.6 Å². The number of hydrogen-bond donors (Lipinski definition) is 2. The molecule has 3 aromatic heterocycles. The van der Waals surface area contributed by atoms with Gasteiger partial charge in [-0.15, -0.1) is 0 Å². The second-order valence-corrected chi connectivity index (χ2v) is 11.5. The van der Waals surface area contributed by atoms with Crippen LogP contribution in [0.15, 0.2) is 48.8 Å². The van der Waals surface area contributed by atoms with E-state index in [0.717, 1.165) is 49.0 Å². The lowest BCUT2D eigenvalue weighted by Crippen LogP contribution is -2.35. The van der Waals surface area contributed by atoms with Crippen molar-refractivity contribution in [2.45, 2.75) is 56.5 Å². The molecule has 3 aliphatic rings. The van der Waals surface area contributed by atoms with Crippen LogP contribution in [0.5, 0.6) is 0 Å². The zero-order valence-electron chi connectivity index (χ0n) is 23.1. The Morgan fingerprint density at radius 3 is 2.68 bits per heavy atom. The number of anilines is 1. The molecule has 0 radical (unpaired) electrons. The van der Waals surface area contributed by atoms with E-state index < -0.39 is 65.7 Å². The Bertz CT molecular complexity index is 1750. The van der Waals surface area contributed by atoms with Crippen molar-refractivity contribution in [3.63, 3.8) is 0 Å². The Morgan fingerprint density at radius 1 is 1.11 bits per heavy atom. The average molecular weight is 613 g/mol. The summed E-state index contributed by atoms with van der Waals surface area (Å²) >= 11 is 0. The Kier molecular flexibility index (Phi) is 6.85. The number of fused-ring (bicyclic) bond motifs is 4.